The first-order valence-electron chi connectivity index (χ1n) is 6.70. The van der Waals surface area contributed by atoms with Gasteiger partial charge >= 0.3 is 5.97 Å². The predicted molar refractivity (Wildman–Crippen MR) is 75.0 cm³/mol. The molecule has 0 heterocycles. The van der Waals surface area contributed by atoms with E-state index in [1.165, 1.54) is 16.7 Å². The van der Waals surface area contributed by atoms with E-state index in [-0.39, 0.29) is 6.42 Å². The first-order valence-corrected chi connectivity index (χ1v) is 6.70. The van der Waals surface area contributed by atoms with Crippen LogP contribution in [0.25, 0.3) is 0 Å². The summed E-state index contributed by atoms with van der Waals surface area (Å²) in [5, 5.41) is 8.73. The molecule has 0 amide bonds. The summed E-state index contributed by atoms with van der Waals surface area (Å²) in [4.78, 5) is 10.6. The van der Waals surface area contributed by atoms with Crippen molar-refractivity contribution < 1.29 is 9.90 Å². The summed E-state index contributed by atoms with van der Waals surface area (Å²) in [6, 6.07) is 6.56. The zero-order chi connectivity index (χ0) is 13.7. The SMILES string of the molecule is Cc1ccc(C(CCCC(=O)O)C(C)C)c(C)c1. The number of hydrogen-bond acceptors (Lipinski definition) is 1. The van der Waals surface area contributed by atoms with Crippen molar-refractivity contribution in [3.63, 3.8) is 0 Å². The standard InChI is InChI=1S/C16H24O2/c1-11(2)14(6-5-7-16(17)18)15-9-8-12(3)10-13(15)4/h8-11,14H,5-7H2,1-4H3,(H,17,18). The maximum atomic E-state index is 10.6. The molecule has 1 unspecified atom stereocenters. The molecule has 0 aliphatic rings. The highest BCUT2D eigenvalue weighted by molar-refractivity contribution is 5.66. The van der Waals surface area contributed by atoms with Crippen molar-refractivity contribution in [3.8, 4) is 0 Å². The van der Waals surface area contributed by atoms with Crippen LogP contribution in [0.4, 0.5) is 0 Å². The maximum absolute atomic E-state index is 10.6. The number of carboxylic acid groups (broad SMARTS) is 1. The second-order valence-electron chi connectivity index (χ2n) is 5.50. The molecule has 0 saturated carbocycles. The van der Waals surface area contributed by atoms with E-state index >= 15 is 0 Å². The second kappa shape index (κ2) is 6.58. The van der Waals surface area contributed by atoms with Gasteiger partial charge in [0, 0.05) is 6.42 Å². The first kappa shape index (κ1) is 14.7. The summed E-state index contributed by atoms with van der Waals surface area (Å²) in [6.45, 7) is 8.68. The van der Waals surface area contributed by atoms with E-state index < -0.39 is 5.97 Å². The smallest absolute Gasteiger partial charge is 0.303 e. The molecule has 1 aromatic rings. The summed E-state index contributed by atoms with van der Waals surface area (Å²) < 4.78 is 0. The van der Waals surface area contributed by atoms with Crippen molar-refractivity contribution >= 4 is 5.97 Å². The molecule has 1 N–H and O–H groups in total. The Hall–Kier alpha value is -1.31. The molecule has 2 heteroatoms. The molecule has 100 valence electrons. The Bertz CT molecular complexity index is 408. The van der Waals surface area contributed by atoms with Gasteiger partial charge in [0.25, 0.3) is 0 Å². The zero-order valence-electron chi connectivity index (χ0n) is 11.9. The molecule has 0 saturated heterocycles. The van der Waals surface area contributed by atoms with Crippen LogP contribution in [0.1, 0.15) is 55.7 Å². The van der Waals surface area contributed by atoms with Gasteiger partial charge in [-0.15, -0.1) is 0 Å². The van der Waals surface area contributed by atoms with Crippen LogP contribution in [0.3, 0.4) is 0 Å². The van der Waals surface area contributed by atoms with Crippen molar-refractivity contribution in [1.29, 1.82) is 0 Å². The Morgan fingerprint density at radius 3 is 2.44 bits per heavy atom. The molecule has 0 aromatic heterocycles. The quantitative estimate of drug-likeness (QED) is 0.815. The third kappa shape index (κ3) is 4.17. The van der Waals surface area contributed by atoms with Gasteiger partial charge in [0.15, 0.2) is 0 Å². The third-order valence-electron chi connectivity index (χ3n) is 3.54. The van der Waals surface area contributed by atoms with E-state index in [4.69, 9.17) is 5.11 Å². The number of rotatable bonds is 6. The van der Waals surface area contributed by atoms with Crippen LogP contribution in [0.2, 0.25) is 0 Å². The third-order valence-corrected chi connectivity index (χ3v) is 3.54. The molecular formula is C16H24O2. The van der Waals surface area contributed by atoms with Crippen molar-refractivity contribution in [1.82, 2.24) is 0 Å². The highest BCUT2D eigenvalue weighted by Crippen LogP contribution is 2.32. The number of carboxylic acids is 1. The summed E-state index contributed by atoms with van der Waals surface area (Å²) in [6.07, 6.45) is 1.98. The van der Waals surface area contributed by atoms with Crippen LogP contribution in [-0.2, 0) is 4.79 Å². The summed E-state index contributed by atoms with van der Waals surface area (Å²) in [7, 11) is 0. The van der Waals surface area contributed by atoms with Crippen LogP contribution in [0.5, 0.6) is 0 Å². The van der Waals surface area contributed by atoms with Crippen LogP contribution in [0.15, 0.2) is 18.2 Å². The zero-order valence-corrected chi connectivity index (χ0v) is 11.9. The fraction of sp³-hybridized carbons (Fsp3) is 0.562. The molecule has 0 aliphatic carbocycles. The number of benzene rings is 1. The van der Waals surface area contributed by atoms with Gasteiger partial charge in [-0.25, -0.2) is 0 Å². The molecule has 0 spiro atoms. The van der Waals surface area contributed by atoms with Gasteiger partial charge in [0.2, 0.25) is 0 Å². The fourth-order valence-electron chi connectivity index (χ4n) is 2.56. The Morgan fingerprint density at radius 2 is 1.94 bits per heavy atom. The minimum atomic E-state index is -0.696. The van der Waals surface area contributed by atoms with Crippen molar-refractivity contribution in [3.05, 3.63) is 34.9 Å². The Kier molecular flexibility index (Phi) is 5.39. The second-order valence-corrected chi connectivity index (χ2v) is 5.50. The van der Waals surface area contributed by atoms with Gasteiger partial charge < -0.3 is 5.11 Å². The molecule has 1 rings (SSSR count). The van der Waals surface area contributed by atoms with E-state index in [1.54, 1.807) is 0 Å². The Labute approximate surface area is 110 Å². The average Bonchev–Trinajstić information content (AvgIpc) is 2.25. The molecule has 0 bridgehead atoms. The lowest BCUT2D eigenvalue weighted by Gasteiger charge is -2.23. The van der Waals surface area contributed by atoms with Crippen LogP contribution in [0, 0.1) is 19.8 Å². The first-order chi connectivity index (χ1) is 8.41. The van der Waals surface area contributed by atoms with E-state index in [0.29, 0.717) is 11.8 Å². The van der Waals surface area contributed by atoms with Gasteiger partial charge in [-0.2, -0.15) is 0 Å². The van der Waals surface area contributed by atoms with Gasteiger partial charge in [-0.05, 0) is 49.7 Å². The number of carbonyl (C=O) groups is 1. The molecule has 18 heavy (non-hydrogen) atoms. The van der Waals surface area contributed by atoms with E-state index in [1.807, 2.05) is 0 Å². The Balaban J connectivity index is 2.80. The lowest BCUT2D eigenvalue weighted by atomic mass is 9.82. The molecule has 2 nitrogen and oxygen atoms in total. The summed E-state index contributed by atoms with van der Waals surface area (Å²) in [5.41, 5.74) is 3.98. The highest BCUT2D eigenvalue weighted by Gasteiger charge is 2.17. The summed E-state index contributed by atoms with van der Waals surface area (Å²) >= 11 is 0. The van der Waals surface area contributed by atoms with Crippen molar-refractivity contribution in [2.75, 3.05) is 0 Å². The maximum Gasteiger partial charge on any atom is 0.303 e. The normalized spacial score (nSPS) is 12.7. The topological polar surface area (TPSA) is 37.3 Å². The largest absolute Gasteiger partial charge is 0.481 e. The number of hydrogen-bond donors (Lipinski definition) is 1. The Morgan fingerprint density at radius 1 is 1.28 bits per heavy atom. The molecule has 1 atom stereocenters. The molecule has 1 aromatic carbocycles. The van der Waals surface area contributed by atoms with Crippen LogP contribution >= 0.6 is 0 Å². The highest BCUT2D eigenvalue weighted by atomic mass is 16.4. The number of aliphatic carboxylic acids is 1. The van der Waals surface area contributed by atoms with Gasteiger partial charge in [0.1, 0.15) is 0 Å². The van der Waals surface area contributed by atoms with E-state index in [0.717, 1.165) is 12.8 Å². The van der Waals surface area contributed by atoms with E-state index in [9.17, 15) is 4.79 Å². The van der Waals surface area contributed by atoms with Crippen LogP contribution < -0.4 is 0 Å². The monoisotopic (exact) mass is 248 g/mol. The number of aryl methyl sites for hydroxylation is 2. The molecule has 0 aliphatic heterocycles. The molecular weight excluding hydrogens is 224 g/mol. The average molecular weight is 248 g/mol. The van der Waals surface area contributed by atoms with Crippen LogP contribution in [-0.4, -0.2) is 11.1 Å². The van der Waals surface area contributed by atoms with Gasteiger partial charge in [-0.1, -0.05) is 37.6 Å². The molecule has 0 radical (unpaired) electrons. The van der Waals surface area contributed by atoms with E-state index in [2.05, 4.69) is 45.9 Å². The van der Waals surface area contributed by atoms with Gasteiger partial charge in [-0.3, -0.25) is 4.79 Å². The minimum absolute atomic E-state index is 0.272. The lowest BCUT2D eigenvalue weighted by molar-refractivity contribution is -0.137. The summed E-state index contributed by atoms with van der Waals surface area (Å²) in [5.74, 6) is 0.309. The van der Waals surface area contributed by atoms with Gasteiger partial charge in [0.05, 0.1) is 0 Å². The fourth-order valence-corrected chi connectivity index (χ4v) is 2.56. The minimum Gasteiger partial charge on any atom is -0.481 e. The lowest BCUT2D eigenvalue weighted by Crippen LogP contribution is -2.09. The van der Waals surface area contributed by atoms with Crippen molar-refractivity contribution in [2.45, 2.75) is 52.9 Å². The van der Waals surface area contributed by atoms with Crippen molar-refractivity contribution in [2.24, 2.45) is 5.92 Å². The predicted octanol–water partition coefficient (Wildman–Crippen LogP) is 4.30. The molecule has 0 fully saturated rings.